The summed E-state index contributed by atoms with van der Waals surface area (Å²) >= 11 is 0. The lowest BCUT2D eigenvalue weighted by Gasteiger charge is -2.33. The molecule has 0 saturated carbocycles. The van der Waals surface area contributed by atoms with Crippen LogP contribution in [0.5, 0.6) is 11.5 Å². The molecule has 162 valence electrons. The Morgan fingerprint density at radius 2 is 2.03 bits per heavy atom. The standard InChI is InChI=1S/C19H24N4O6S/c1-27-15-10-13(7-8-17(24)28-2)11-16(18(15)29-3)30(25,26)23-9-5-4-6-14(23)19-20-12-21-22-19/h7-8,10-12,14H,4-6,9H2,1-3H3,(H,20,21,22). The SMILES string of the molecule is COC(=O)C=Cc1cc(OC)c(OC)c(S(=O)(=O)N2CCCCC2c2ncn[nH]2)c1. The van der Waals surface area contributed by atoms with Crippen molar-refractivity contribution < 1.29 is 27.4 Å². The highest BCUT2D eigenvalue weighted by atomic mass is 32.2. The minimum Gasteiger partial charge on any atom is -0.493 e. The number of piperidine rings is 1. The highest BCUT2D eigenvalue weighted by molar-refractivity contribution is 7.89. The minimum absolute atomic E-state index is 0.0553. The monoisotopic (exact) mass is 436 g/mol. The first kappa shape index (κ1) is 21.8. The van der Waals surface area contributed by atoms with Crippen molar-refractivity contribution in [3.8, 4) is 11.5 Å². The van der Waals surface area contributed by atoms with Gasteiger partial charge in [-0.2, -0.15) is 9.40 Å². The Bertz CT molecular complexity index is 1020. The number of hydrogen-bond donors (Lipinski definition) is 1. The Balaban J connectivity index is 2.11. The molecule has 0 spiro atoms. The molecule has 0 amide bonds. The zero-order chi connectivity index (χ0) is 21.7. The normalized spacial score (nSPS) is 17.8. The number of carbonyl (C=O) groups excluding carboxylic acids is 1. The Hall–Kier alpha value is -2.92. The molecule has 30 heavy (non-hydrogen) atoms. The zero-order valence-corrected chi connectivity index (χ0v) is 17.8. The first-order chi connectivity index (χ1) is 14.4. The van der Waals surface area contributed by atoms with Crippen LogP contribution in [0.3, 0.4) is 0 Å². The summed E-state index contributed by atoms with van der Waals surface area (Å²) in [7, 11) is 0.0692. The fourth-order valence-electron chi connectivity index (χ4n) is 3.44. The van der Waals surface area contributed by atoms with Crippen LogP contribution in [0.4, 0.5) is 0 Å². The fraction of sp³-hybridized carbons (Fsp3) is 0.421. The molecule has 1 aromatic heterocycles. The molecule has 11 heteroatoms. The van der Waals surface area contributed by atoms with Crippen LogP contribution in [-0.2, 0) is 19.6 Å². The highest BCUT2D eigenvalue weighted by Crippen LogP contribution is 2.41. The summed E-state index contributed by atoms with van der Waals surface area (Å²) < 4.78 is 44.1. The number of nitrogens with zero attached hydrogens (tertiary/aromatic N) is 3. The second-order valence-corrected chi connectivity index (χ2v) is 8.47. The fourth-order valence-corrected chi connectivity index (χ4v) is 5.30. The molecule has 1 aliphatic rings. The van der Waals surface area contributed by atoms with E-state index in [1.54, 1.807) is 6.07 Å². The van der Waals surface area contributed by atoms with Crippen LogP contribution in [0.1, 0.15) is 36.7 Å². The topological polar surface area (TPSA) is 124 Å². The molecule has 2 heterocycles. The predicted octanol–water partition coefficient (Wildman–Crippen LogP) is 1.92. The molecule has 10 nitrogen and oxygen atoms in total. The molecular weight excluding hydrogens is 412 g/mol. The maximum atomic E-state index is 13.7. The van der Waals surface area contributed by atoms with Crippen LogP contribution in [0.15, 0.2) is 29.4 Å². The molecule has 1 N–H and O–H groups in total. The Morgan fingerprint density at radius 3 is 2.67 bits per heavy atom. The minimum atomic E-state index is -3.99. The largest absolute Gasteiger partial charge is 0.493 e. The Kier molecular flexibility index (Phi) is 6.73. The van der Waals surface area contributed by atoms with Crippen LogP contribution in [0.2, 0.25) is 0 Å². The Labute approximate surface area is 174 Å². The van der Waals surface area contributed by atoms with Crippen LogP contribution in [0.25, 0.3) is 6.08 Å². The molecule has 0 aliphatic carbocycles. The average molecular weight is 436 g/mol. The second-order valence-electron chi connectivity index (χ2n) is 6.61. The zero-order valence-electron chi connectivity index (χ0n) is 17.0. The molecule has 1 aliphatic heterocycles. The summed E-state index contributed by atoms with van der Waals surface area (Å²) in [6.45, 7) is 0.335. The smallest absolute Gasteiger partial charge is 0.330 e. The molecule has 1 aromatic carbocycles. The van der Waals surface area contributed by atoms with Gasteiger partial charge < -0.3 is 14.2 Å². The Morgan fingerprint density at radius 1 is 1.23 bits per heavy atom. The van der Waals surface area contributed by atoms with Gasteiger partial charge in [-0.15, -0.1) is 0 Å². The number of esters is 1. The van der Waals surface area contributed by atoms with Gasteiger partial charge in [-0.3, -0.25) is 5.10 Å². The third-order valence-corrected chi connectivity index (χ3v) is 6.78. The lowest BCUT2D eigenvalue weighted by atomic mass is 10.0. The van der Waals surface area contributed by atoms with Crippen LogP contribution >= 0.6 is 0 Å². The van der Waals surface area contributed by atoms with Gasteiger partial charge in [0.1, 0.15) is 17.0 Å². The molecule has 2 aromatic rings. The molecule has 1 atom stereocenters. The summed E-state index contributed by atoms with van der Waals surface area (Å²) in [5.41, 5.74) is 0.449. The second kappa shape index (κ2) is 9.26. The molecule has 1 fully saturated rings. The van der Waals surface area contributed by atoms with Crippen LogP contribution < -0.4 is 9.47 Å². The van der Waals surface area contributed by atoms with Gasteiger partial charge in [0, 0.05) is 12.6 Å². The van der Waals surface area contributed by atoms with Crippen molar-refractivity contribution >= 4 is 22.1 Å². The number of sulfonamides is 1. The maximum Gasteiger partial charge on any atom is 0.330 e. The molecule has 1 unspecified atom stereocenters. The maximum absolute atomic E-state index is 13.7. The van der Waals surface area contributed by atoms with E-state index in [9.17, 15) is 13.2 Å². The van der Waals surface area contributed by atoms with Crippen molar-refractivity contribution in [1.29, 1.82) is 0 Å². The van der Waals surface area contributed by atoms with E-state index in [4.69, 9.17) is 9.47 Å². The van der Waals surface area contributed by atoms with Gasteiger partial charge in [0.15, 0.2) is 11.5 Å². The van der Waals surface area contributed by atoms with E-state index in [0.717, 1.165) is 12.8 Å². The highest BCUT2D eigenvalue weighted by Gasteiger charge is 2.38. The van der Waals surface area contributed by atoms with Gasteiger partial charge >= 0.3 is 5.97 Å². The van der Waals surface area contributed by atoms with E-state index in [-0.39, 0.29) is 16.4 Å². The number of benzene rings is 1. The van der Waals surface area contributed by atoms with Gasteiger partial charge in [0.2, 0.25) is 10.0 Å². The molecule has 0 radical (unpaired) electrons. The third kappa shape index (κ3) is 4.31. The van der Waals surface area contributed by atoms with E-state index < -0.39 is 22.0 Å². The van der Waals surface area contributed by atoms with Gasteiger partial charge in [-0.1, -0.05) is 6.42 Å². The van der Waals surface area contributed by atoms with Gasteiger partial charge in [-0.25, -0.2) is 18.2 Å². The van der Waals surface area contributed by atoms with E-state index in [1.807, 2.05) is 0 Å². The van der Waals surface area contributed by atoms with Crippen molar-refractivity contribution in [1.82, 2.24) is 19.5 Å². The molecule has 1 saturated heterocycles. The van der Waals surface area contributed by atoms with E-state index in [1.165, 1.54) is 50.2 Å². The number of ether oxygens (including phenoxy) is 3. The summed E-state index contributed by atoms with van der Waals surface area (Å²) in [6, 6.07) is 2.57. The van der Waals surface area contributed by atoms with E-state index >= 15 is 0 Å². The van der Waals surface area contributed by atoms with Crippen molar-refractivity contribution in [2.24, 2.45) is 0 Å². The summed E-state index contributed by atoms with van der Waals surface area (Å²) in [4.78, 5) is 15.6. The van der Waals surface area contributed by atoms with Crippen molar-refractivity contribution in [2.75, 3.05) is 27.9 Å². The van der Waals surface area contributed by atoms with Gasteiger partial charge in [0.25, 0.3) is 0 Å². The number of aromatic nitrogens is 3. The number of carbonyl (C=O) groups is 1. The summed E-state index contributed by atoms with van der Waals surface area (Å²) in [5.74, 6) is 0.257. The quantitative estimate of drug-likeness (QED) is 0.516. The first-order valence-corrected chi connectivity index (χ1v) is 10.8. The average Bonchev–Trinajstić information content (AvgIpc) is 3.31. The van der Waals surface area contributed by atoms with E-state index in [2.05, 4.69) is 19.9 Å². The van der Waals surface area contributed by atoms with Crippen LogP contribution in [-0.4, -0.2) is 61.7 Å². The molecule has 3 rings (SSSR count). The number of hydrogen-bond acceptors (Lipinski definition) is 8. The van der Waals surface area contributed by atoms with Crippen molar-refractivity contribution in [2.45, 2.75) is 30.2 Å². The summed E-state index contributed by atoms with van der Waals surface area (Å²) in [5, 5.41) is 6.63. The lowest BCUT2D eigenvalue weighted by molar-refractivity contribution is -0.134. The van der Waals surface area contributed by atoms with Crippen molar-refractivity contribution in [3.63, 3.8) is 0 Å². The van der Waals surface area contributed by atoms with Crippen LogP contribution in [0, 0.1) is 0 Å². The third-order valence-electron chi connectivity index (χ3n) is 4.87. The predicted molar refractivity (Wildman–Crippen MR) is 107 cm³/mol. The number of aromatic amines is 1. The molecular formula is C19H24N4O6S. The molecule has 0 bridgehead atoms. The van der Waals surface area contributed by atoms with E-state index in [0.29, 0.717) is 24.4 Å². The number of H-pyrrole nitrogens is 1. The first-order valence-electron chi connectivity index (χ1n) is 9.31. The van der Waals surface area contributed by atoms with Gasteiger partial charge in [0.05, 0.1) is 27.4 Å². The lowest BCUT2D eigenvalue weighted by Crippen LogP contribution is -2.39. The summed E-state index contributed by atoms with van der Waals surface area (Å²) in [6.07, 6.45) is 6.24. The number of rotatable bonds is 7. The van der Waals surface area contributed by atoms with Gasteiger partial charge in [-0.05, 0) is 36.6 Å². The van der Waals surface area contributed by atoms with Crippen molar-refractivity contribution in [3.05, 3.63) is 35.9 Å². The number of nitrogens with one attached hydrogen (secondary N) is 1. The number of methoxy groups -OCH3 is 3.